The average molecular weight is 563 g/mol. The summed E-state index contributed by atoms with van der Waals surface area (Å²) < 4.78 is 16.4. The number of aryl methyl sites for hydroxylation is 2. The zero-order valence-corrected chi connectivity index (χ0v) is 23.1. The summed E-state index contributed by atoms with van der Waals surface area (Å²) in [6.07, 6.45) is 1.32. The molecular formula is C30H27ClN2O7. The topological polar surface area (TPSA) is 111 Å². The highest BCUT2D eigenvalue weighted by atomic mass is 35.5. The molecule has 0 radical (unpaired) electrons. The number of urea groups is 1. The number of benzene rings is 3. The van der Waals surface area contributed by atoms with E-state index in [0.29, 0.717) is 23.7 Å². The van der Waals surface area contributed by atoms with Gasteiger partial charge < -0.3 is 14.2 Å². The highest BCUT2D eigenvalue weighted by molar-refractivity contribution is 6.39. The third kappa shape index (κ3) is 6.16. The van der Waals surface area contributed by atoms with Crippen molar-refractivity contribution in [3.63, 3.8) is 0 Å². The van der Waals surface area contributed by atoms with Gasteiger partial charge in [0.15, 0.2) is 11.5 Å². The van der Waals surface area contributed by atoms with E-state index in [9.17, 15) is 19.2 Å². The first kappa shape index (κ1) is 28.4. The molecule has 206 valence electrons. The van der Waals surface area contributed by atoms with Crippen LogP contribution in [-0.2, 0) is 20.9 Å². The molecule has 4 amide bonds. The second-order valence-corrected chi connectivity index (χ2v) is 9.45. The Morgan fingerprint density at radius 3 is 2.27 bits per heavy atom. The molecule has 0 aliphatic carbocycles. The molecular weight excluding hydrogens is 536 g/mol. The van der Waals surface area contributed by atoms with Crippen molar-refractivity contribution in [2.45, 2.75) is 27.4 Å². The first-order chi connectivity index (χ1) is 19.1. The van der Waals surface area contributed by atoms with E-state index in [0.717, 1.165) is 21.6 Å². The van der Waals surface area contributed by atoms with Gasteiger partial charge in [-0.2, -0.15) is 0 Å². The van der Waals surface area contributed by atoms with Crippen molar-refractivity contribution in [3.8, 4) is 11.5 Å². The number of methoxy groups -OCH3 is 1. The fraction of sp³-hybridized carbons (Fsp3) is 0.200. The van der Waals surface area contributed by atoms with Gasteiger partial charge in [-0.05, 0) is 74.4 Å². The van der Waals surface area contributed by atoms with E-state index >= 15 is 0 Å². The molecule has 0 saturated carbocycles. The maximum absolute atomic E-state index is 13.3. The van der Waals surface area contributed by atoms with E-state index in [2.05, 4.69) is 16.1 Å². The summed E-state index contributed by atoms with van der Waals surface area (Å²) in [5, 5.41) is 2.39. The SMILES string of the molecule is CCOc1cc(/C=C2\C(=O)NC(=O)N(c3ccc(C(=O)OC)cc3)C2=O)cc(Cl)c1OCc1cc(C)cc(C)c1. The van der Waals surface area contributed by atoms with Gasteiger partial charge in [0.25, 0.3) is 11.8 Å². The first-order valence-electron chi connectivity index (χ1n) is 12.4. The largest absolute Gasteiger partial charge is 0.490 e. The number of nitrogens with one attached hydrogen (secondary N) is 1. The van der Waals surface area contributed by atoms with Crippen molar-refractivity contribution in [2.24, 2.45) is 0 Å². The number of nitrogens with zero attached hydrogens (tertiary/aromatic N) is 1. The second-order valence-electron chi connectivity index (χ2n) is 9.04. The standard InChI is InChI=1S/C30H27ClN2O7/c1-5-39-25-15-19(14-24(31)26(25)40-16-20-11-17(2)10-18(3)12-20)13-23-27(34)32-30(37)33(28(23)35)22-8-6-21(7-9-22)29(36)38-4/h6-15H,5,16H2,1-4H3,(H,32,34,37)/b23-13+. The molecule has 0 spiro atoms. The number of hydrogen-bond donors (Lipinski definition) is 1. The normalized spacial score (nSPS) is 14.3. The van der Waals surface area contributed by atoms with E-state index in [-0.39, 0.29) is 28.5 Å². The summed E-state index contributed by atoms with van der Waals surface area (Å²) in [7, 11) is 1.24. The number of esters is 1. The minimum atomic E-state index is -0.916. The number of hydrogen-bond acceptors (Lipinski definition) is 7. The number of amides is 4. The Hall–Kier alpha value is -4.63. The molecule has 1 aliphatic rings. The number of rotatable bonds is 8. The van der Waals surface area contributed by atoms with E-state index in [1.165, 1.54) is 37.5 Å². The summed E-state index contributed by atoms with van der Waals surface area (Å²) in [5.74, 6) is -1.61. The lowest BCUT2D eigenvalue weighted by molar-refractivity contribution is -0.122. The van der Waals surface area contributed by atoms with Gasteiger partial charge in [0.05, 0.1) is 30.0 Å². The van der Waals surface area contributed by atoms with Crippen LogP contribution in [0.2, 0.25) is 5.02 Å². The van der Waals surface area contributed by atoms with Crippen LogP contribution >= 0.6 is 11.6 Å². The van der Waals surface area contributed by atoms with Gasteiger partial charge in [0, 0.05) is 0 Å². The summed E-state index contributed by atoms with van der Waals surface area (Å²) in [6, 6.07) is 14.0. The minimum absolute atomic E-state index is 0.164. The molecule has 40 heavy (non-hydrogen) atoms. The summed E-state index contributed by atoms with van der Waals surface area (Å²) >= 11 is 6.57. The van der Waals surface area contributed by atoms with E-state index in [1.54, 1.807) is 19.1 Å². The molecule has 0 unspecified atom stereocenters. The van der Waals surface area contributed by atoms with Crippen molar-refractivity contribution < 1.29 is 33.4 Å². The molecule has 1 fully saturated rings. The summed E-state index contributed by atoms with van der Waals surface area (Å²) in [4.78, 5) is 51.0. The van der Waals surface area contributed by atoms with E-state index < -0.39 is 23.8 Å². The molecule has 4 rings (SSSR count). The van der Waals surface area contributed by atoms with Crippen molar-refractivity contribution in [1.29, 1.82) is 0 Å². The molecule has 9 nitrogen and oxygen atoms in total. The fourth-order valence-electron chi connectivity index (χ4n) is 4.31. The third-order valence-electron chi connectivity index (χ3n) is 5.96. The van der Waals surface area contributed by atoms with Crippen LogP contribution in [-0.4, -0.2) is 37.5 Å². The molecule has 3 aromatic carbocycles. The monoisotopic (exact) mass is 562 g/mol. The van der Waals surface area contributed by atoms with Crippen LogP contribution in [0.25, 0.3) is 6.08 Å². The molecule has 1 heterocycles. The Kier molecular flexibility index (Phi) is 8.55. The van der Waals surface area contributed by atoms with Gasteiger partial charge in [0.1, 0.15) is 12.2 Å². The van der Waals surface area contributed by atoms with Crippen molar-refractivity contribution in [1.82, 2.24) is 5.32 Å². The highest BCUT2D eigenvalue weighted by Gasteiger charge is 2.37. The molecule has 0 bridgehead atoms. The molecule has 0 aromatic heterocycles. The number of halogens is 1. The lowest BCUT2D eigenvalue weighted by Crippen LogP contribution is -2.54. The van der Waals surface area contributed by atoms with E-state index in [4.69, 9.17) is 21.1 Å². The molecule has 1 aliphatic heterocycles. The van der Waals surface area contributed by atoms with Crippen LogP contribution in [0.5, 0.6) is 11.5 Å². The van der Waals surface area contributed by atoms with Gasteiger partial charge in [-0.1, -0.05) is 40.9 Å². The maximum atomic E-state index is 13.3. The Labute approximate surface area is 236 Å². The minimum Gasteiger partial charge on any atom is -0.490 e. The number of ether oxygens (including phenoxy) is 3. The Morgan fingerprint density at radius 1 is 0.975 bits per heavy atom. The average Bonchev–Trinajstić information content (AvgIpc) is 2.90. The number of imide groups is 2. The Balaban J connectivity index is 1.64. The Bertz CT molecular complexity index is 1510. The smallest absolute Gasteiger partial charge is 0.337 e. The molecule has 0 atom stereocenters. The van der Waals surface area contributed by atoms with Crippen molar-refractivity contribution >= 4 is 47.2 Å². The van der Waals surface area contributed by atoms with Gasteiger partial charge >= 0.3 is 12.0 Å². The van der Waals surface area contributed by atoms with Crippen molar-refractivity contribution in [3.05, 3.63) is 93.0 Å². The molecule has 1 N–H and O–H groups in total. The van der Waals surface area contributed by atoms with Gasteiger partial charge in [-0.25, -0.2) is 14.5 Å². The number of carbonyl (C=O) groups is 4. The predicted molar refractivity (Wildman–Crippen MR) is 150 cm³/mol. The first-order valence-corrected chi connectivity index (χ1v) is 12.7. The second kappa shape index (κ2) is 12.0. The highest BCUT2D eigenvalue weighted by Crippen LogP contribution is 2.38. The zero-order chi connectivity index (χ0) is 29.0. The van der Waals surface area contributed by atoms with E-state index in [1.807, 2.05) is 26.0 Å². The predicted octanol–water partition coefficient (Wildman–Crippen LogP) is 5.39. The van der Waals surface area contributed by atoms with Crippen LogP contribution in [0.4, 0.5) is 10.5 Å². The Morgan fingerprint density at radius 2 is 1.65 bits per heavy atom. The van der Waals surface area contributed by atoms with Gasteiger partial charge in [-0.15, -0.1) is 0 Å². The maximum Gasteiger partial charge on any atom is 0.337 e. The molecule has 3 aromatic rings. The van der Waals surface area contributed by atoms with Crippen molar-refractivity contribution in [2.75, 3.05) is 18.6 Å². The molecule has 1 saturated heterocycles. The zero-order valence-electron chi connectivity index (χ0n) is 22.4. The van der Waals surface area contributed by atoms with Gasteiger partial charge in [0.2, 0.25) is 0 Å². The fourth-order valence-corrected chi connectivity index (χ4v) is 4.58. The third-order valence-corrected chi connectivity index (χ3v) is 6.24. The van der Waals surface area contributed by atoms with Crippen LogP contribution in [0.1, 0.15) is 39.5 Å². The van der Waals surface area contributed by atoms with Crippen LogP contribution in [0, 0.1) is 13.8 Å². The number of anilines is 1. The van der Waals surface area contributed by atoms with Gasteiger partial charge in [-0.3, -0.25) is 14.9 Å². The summed E-state index contributed by atoms with van der Waals surface area (Å²) in [5.41, 5.74) is 3.69. The van der Waals surface area contributed by atoms with Crippen LogP contribution in [0.15, 0.2) is 60.2 Å². The molecule has 10 heteroatoms. The van der Waals surface area contributed by atoms with Crippen LogP contribution < -0.4 is 19.7 Å². The lowest BCUT2D eigenvalue weighted by atomic mass is 10.1. The lowest BCUT2D eigenvalue weighted by Gasteiger charge is -2.26. The number of carbonyl (C=O) groups excluding carboxylic acids is 4. The summed E-state index contributed by atoms with van der Waals surface area (Å²) in [6.45, 7) is 6.40. The number of barbiturate groups is 1. The quantitative estimate of drug-likeness (QED) is 0.223. The van der Waals surface area contributed by atoms with Crippen LogP contribution in [0.3, 0.4) is 0 Å².